The summed E-state index contributed by atoms with van der Waals surface area (Å²) in [4.78, 5) is 35.7. The minimum Gasteiger partial charge on any atom is -0.494 e. The number of ketones is 1. The van der Waals surface area contributed by atoms with Gasteiger partial charge in [-0.1, -0.05) is 12.1 Å². The fourth-order valence-corrected chi connectivity index (χ4v) is 2.72. The second kappa shape index (κ2) is 13.0. The monoisotopic (exact) mass is 449 g/mol. The first kappa shape index (κ1) is 24.8. The molecule has 0 aliphatic carbocycles. The third kappa shape index (κ3) is 9.11. The molecule has 2 aromatic carbocycles. The molecule has 0 bridgehead atoms. The minimum absolute atomic E-state index is 0.0281. The predicted molar refractivity (Wildman–Crippen MR) is 112 cm³/mol. The molecule has 0 atom stereocenters. The maximum atomic E-state index is 12.1. The lowest BCUT2D eigenvalue weighted by Crippen LogP contribution is -2.30. The van der Waals surface area contributed by atoms with E-state index in [1.165, 1.54) is 12.1 Å². The van der Waals surface area contributed by atoms with Crippen molar-refractivity contribution in [2.24, 2.45) is 0 Å². The number of esters is 1. The van der Waals surface area contributed by atoms with Crippen LogP contribution in [0.5, 0.6) is 11.5 Å². The van der Waals surface area contributed by atoms with E-state index in [0.29, 0.717) is 24.3 Å². The molecular formula is C23H25F2NO6. The van der Waals surface area contributed by atoms with Gasteiger partial charge in [-0.25, -0.2) is 0 Å². The Hall–Kier alpha value is -3.49. The largest absolute Gasteiger partial charge is 0.494 e. The maximum absolute atomic E-state index is 12.1. The van der Waals surface area contributed by atoms with E-state index >= 15 is 0 Å². The Morgan fingerprint density at radius 1 is 0.938 bits per heavy atom. The highest BCUT2D eigenvalue weighted by Gasteiger charge is 2.12. The fourth-order valence-electron chi connectivity index (χ4n) is 2.72. The Bertz CT molecular complexity index is 884. The van der Waals surface area contributed by atoms with Gasteiger partial charge in [0.1, 0.15) is 11.5 Å². The molecule has 0 heterocycles. The lowest BCUT2D eigenvalue weighted by Gasteiger charge is -2.08. The van der Waals surface area contributed by atoms with Crippen LogP contribution in [0.25, 0.3) is 0 Å². The molecule has 7 nitrogen and oxygen atoms in total. The maximum Gasteiger partial charge on any atom is 0.387 e. The topological polar surface area (TPSA) is 90.9 Å². The minimum atomic E-state index is -2.88. The molecule has 0 unspecified atom stereocenters. The van der Waals surface area contributed by atoms with Gasteiger partial charge in [-0.2, -0.15) is 8.78 Å². The van der Waals surface area contributed by atoms with E-state index in [4.69, 9.17) is 9.47 Å². The van der Waals surface area contributed by atoms with Crippen molar-refractivity contribution in [3.63, 3.8) is 0 Å². The van der Waals surface area contributed by atoms with Gasteiger partial charge in [-0.3, -0.25) is 14.4 Å². The molecule has 0 saturated heterocycles. The highest BCUT2D eigenvalue weighted by molar-refractivity contribution is 5.97. The molecule has 1 N–H and O–H groups in total. The molecule has 0 aliphatic heterocycles. The van der Waals surface area contributed by atoms with Gasteiger partial charge >= 0.3 is 12.6 Å². The second-order valence-corrected chi connectivity index (χ2v) is 6.66. The number of amides is 1. The zero-order valence-corrected chi connectivity index (χ0v) is 17.6. The molecule has 172 valence electrons. The summed E-state index contributed by atoms with van der Waals surface area (Å²) in [5.41, 5.74) is 1.28. The molecule has 0 radical (unpaired) electrons. The summed E-state index contributed by atoms with van der Waals surface area (Å²) in [6, 6.07) is 12.7. The van der Waals surface area contributed by atoms with Crippen molar-refractivity contribution in [1.82, 2.24) is 5.32 Å². The van der Waals surface area contributed by atoms with Gasteiger partial charge < -0.3 is 19.5 Å². The van der Waals surface area contributed by atoms with Gasteiger partial charge in [-0.15, -0.1) is 0 Å². The number of rotatable bonds is 13. The van der Waals surface area contributed by atoms with Gasteiger partial charge in [0.25, 0.3) is 5.91 Å². The number of alkyl halides is 2. The van der Waals surface area contributed by atoms with E-state index in [9.17, 15) is 23.2 Å². The van der Waals surface area contributed by atoms with E-state index in [-0.39, 0.29) is 30.9 Å². The molecule has 1 amide bonds. The Balaban J connectivity index is 1.62. The second-order valence-electron chi connectivity index (χ2n) is 6.66. The lowest BCUT2D eigenvalue weighted by atomic mass is 10.1. The Kier molecular flexibility index (Phi) is 10.1. The van der Waals surface area contributed by atoms with Gasteiger partial charge in [0.15, 0.2) is 12.4 Å². The predicted octanol–water partition coefficient (Wildman–Crippen LogP) is 3.55. The molecular weight excluding hydrogens is 424 g/mol. The number of ether oxygens (including phenoxy) is 3. The standard InChI is InChI=1S/C23H25F2NO6/c1-2-30-18-9-5-17(6-10-18)20(27)11-12-22(29)31-15-21(28)26-14-13-16-3-7-19(8-4-16)32-23(24)25/h3-10,23H,2,11-15H2,1H3,(H,26,28). The van der Waals surface area contributed by atoms with Crippen LogP contribution in [0.2, 0.25) is 0 Å². The molecule has 0 spiro atoms. The molecule has 2 rings (SSSR count). The first-order chi connectivity index (χ1) is 15.4. The smallest absolute Gasteiger partial charge is 0.387 e. The van der Waals surface area contributed by atoms with Gasteiger partial charge in [0.05, 0.1) is 13.0 Å². The van der Waals surface area contributed by atoms with Crippen LogP contribution in [0.1, 0.15) is 35.7 Å². The number of hydrogen-bond acceptors (Lipinski definition) is 6. The van der Waals surface area contributed by atoms with Crippen molar-refractivity contribution in [1.29, 1.82) is 0 Å². The molecule has 0 fully saturated rings. The lowest BCUT2D eigenvalue weighted by molar-refractivity contribution is -0.148. The van der Waals surface area contributed by atoms with Crippen molar-refractivity contribution < 1.29 is 37.4 Å². The Morgan fingerprint density at radius 3 is 2.22 bits per heavy atom. The van der Waals surface area contributed by atoms with Crippen molar-refractivity contribution in [2.75, 3.05) is 19.8 Å². The Morgan fingerprint density at radius 2 is 1.59 bits per heavy atom. The molecule has 32 heavy (non-hydrogen) atoms. The number of halogens is 2. The van der Waals surface area contributed by atoms with Crippen LogP contribution in [-0.2, 0) is 20.7 Å². The first-order valence-electron chi connectivity index (χ1n) is 10.1. The van der Waals surface area contributed by atoms with E-state index in [2.05, 4.69) is 10.1 Å². The highest BCUT2D eigenvalue weighted by atomic mass is 19.3. The number of carbonyl (C=O) groups is 3. The summed E-state index contributed by atoms with van der Waals surface area (Å²) in [7, 11) is 0. The summed E-state index contributed by atoms with van der Waals surface area (Å²) in [5.74, 6) is -0.615. The van der Waals surface area contributed by atoms with Crippen molar-refractivity contribution >= 4 is 17.7 Å². The van der Waals surface area contributed by atoms with Crippen LogP contribution < -0.4 is 14.8 Å². The fraction of sp³-hybridized carbons (Fsp3) is 0.348. The van der Waals surface area contributed by atoms with Crippen molar-refractivity contribution in [3.05, 3.63) is 59.7 Å². The number of hydrogen-bond donors (Lipinski definition) is 1. The number of benzene rings is 2. The average Bonchev–Trinajstić information content (AvgIpc) is 2.77. The first-order valence-corrected chi connectivity index (χ1v) is 10.1. The van der Waals surface area contributed by atoms with Crippen LogP contribution in [0.15, 0.2) is 48.5 Å². The normalized spacial score (nSPS) is 10.5. The van der Waals surface area contributed by atoms with Crippen LogP contribution in [-0.4, -0.2) is 44.0 Å². The zero-order valence-electron chi connectivity index (χ0n) is 17.6. The number of Topliss-reactive ketones (excluding diaryl/α,β-unsaturated/α-hetero) is 1. The Labute approximate surface area is 184 Å². The van der Waals surface area contributed by atoms with Crippen molar-refractivity contribution in [2.45, 2.75) is 32.8 Å². The summed E-state index contributed by atoms with van der Waals surface area (Å²) in [6.45, 7) is -0.661. The summed E-state index contributed by atoms with van der Waals surface area (Å²) in [5, 5.41) is 2.59. The summed E-state index contributed by atoms with van der Waals surface area (Å²) < 4.78 is 38.7. The van der Waals surface area contributed by atoms with Crippen LogP contribution >= 0.6 is 0 Å². The van der Waals surface area contributed by atoms with Gasteiger partial charge in [0.2, 0.25) is 0 Å². The molecule has 0 aromatic heterocycles. The third-order valence-electron chi connectivity index (χ3n) is 4.29. The van der Waals surface area contributed by atoms with E-state index in [1.807, 2.05) is 6.92 Å². The van der Waals surface area contributed by atoms with Gasteiger partial charge in [0, 0.05) is 18.5 Å². The summed E-state index contributed by atoms with van der Waals surface area (Å²) in [6.07, 6.45) is 0.303. The third-order valence-corrected chi connectivity index (χ3v) is 4.29. The van der Waals surface area contributed by atoms with E-state index < -0.39 is 25.1 Å². The number of nitrogens with one attached hydrogen (secondary N) is 1. The zero-order chi connectivity index (χ0) is 23.3. The molecule has 2 aromatic rings. The van der Waals surface area contributed by atoms with Crippen LogP contribution in [0.4, 0.5) is 8.78 Å². The van der Waals surface area contributed by atoms with Crippen LogP contribution in [0.3, 0.4) is 0 Å². The van der Waals surface area contributed by atoms with E-state index in [0.717, 1.165) is 5.56 Å². The SMILES string of the molecule is CCOc1ccc(C(=O)CCC(=O)OCC(=O)NCCc2ccc(OC(F)F)cc2)cc1. The van der Waals surface area contributed by atoms with Crippen LogP contribution in [0, 0.1) is 0 Å². The quantitative estimate of drug-likeness (QED) is 0.372. The average molecular weight is 449 g/mol. The molecule has 9 heteroatoms. The van der Waals surface area contributed by atoms with E-state index in [1.54, 1.807) is 36.4 Å². The van der Waals surface area contributed by atoms with Crippen molar-refractivity contribution in [3.8, 4) is 11.5 Å². The van der Waals surface area contributed by atoms with Gasteiger partial charge in [-0.05, 0) is 55.3 Å². The molecule has 0 saturated carbocycles. The highest BCUT2D eigenvalue weighted by Crippen LogP contribution is 2.15. The molecule has 0 aliphatic rings. The number of carbonyl (C=O) groups excluding carboxylic acids is 3. The summed E-state index contributed by atoms with van der Waals surface area (Å²) >= 11 is 0.